The maximum Gasteiger partial charge on any atom is 0.222 e. The Morgan fingerprint density at radius 1 is 1.00 bits per heavy atom. The van der Waals surface area contributed by atoms with E-state index >= 15 is 0 Å². The minimum Gasteiger partial charge on any atom is -0.343 e. The summed E-state index contributed by atoms with van der Waals surface area (Å²) in [6.07, 6.45) is 5.46. The van der Waals surface area contributed by atoms with Gasteiger partial charge in [0.25, 0.3) is 0 Å². The first-order valence-corrected chi connectivity index (χ1v) is 7.07. The van der Waals surface area contributed by atoms with Gasteiger partial charge in [0.2, 0.25) is 5.91 Å². The second-order valence-corrected chi connectivity index (χ2v) is 5.14. The molecular weight excluding hydrogens is 214 g/mol. The molecule has 0 unspecified atom stereocenters. The van der Waals surface area contributed by atoms with E-state index in [2.05, 4.69) is 15.1 Å². The summed E-state index contributed by atoms with van der Waals surface area (Å²) in [4.78, 5) is 16.2. The monoisotopic (exact) mass is 239 g/mol. The zero-order valence-corrected chi connectivity index (χ0v) is 10.8. The maximum atomic E-state index is 11.6. The molecule has 2 rings (SSSR count). The maximum absolute atomic E-state index is 11.6. The molecule has 0 aromatic heterocycles. The summed E-state index contributed by atoms with van der Waals surface area (Å²) >= 11 is 0. The molecule has 4 heteroatoms. The Bertz CT molecular complexity index is 239. The zero-order chi connectivity index (χ0) is 11.9. The standard InChI is InChI=1S/C13H25N3O/c17-13-5-1-2-9-16(13)10-4-3-8-15-11-6-14-7-12-15/h14H,1-12H2. The van der Waals surface area contributed by atoms with Gasteiger partial charge in [-0.1, -0.05) is 0 Å². The van der Waals surface area contributed by atoms with Gasteiger partial charge in [0.1, 0.15) is 0 Å². The van der Waals surface area contributed by atoms with Crippen molar-refractivity contribution in [2.75, 3.05) is 45.8 Å². The number of carbonyl (C=O) groups excluding carboxylic acids is 1. The number of unbranched alkanes of at least 4 members (excludes halogenated alkanes) is 1. The normalized spacial score (nSPS) is 23.1. The van der Waals surface area contributed by atoms with Crippen LogP contribution < -0.4 is 5.32 Å². The predicted molar refractivity (Wildman–Crippen MR) is 69.0 cm³/mol. The van der Waals surface area contributed by atoms with E-state index in [0.29, 0.717) is 5.91 Å². The summed E-state index contributed by atoms with van der Waals surface area (Å²) in [6, 6.07) is 0. The molecule has 1 amide bonds. The fourth-order valence-electron chi connectivity index (χ4n) is 2.67. The molecule has 0 aromatic carbocycles. The average molecular weight is 239 g/mol. The van der Waals surface area contributed by atoms with E-state index in [1.54, 1.807) is 0 Å². The second-order valence-electron chi connectivity index (χ2n) is 5.14. The lowest BCUT2D eigenvalue weighted by Gasteiger charge is -2.29. The van der Waals surface area contributed by atoms with Crippen LogP contribution in [0.15, 0.2) is 0 Å². The van der Waals surface area contributed by atoms with Crippen LogP contribution >= 0.6 is 0 Å². The van der Waals surface area contributed by atoms with Gasteiger partial charge in [0, 0.05) is 45.7 Å². The fraction of sp³-hybridized carbons (Fsp3) is 0.923. The van der Waals surface area contributed by atoms with Gasteiger partial charge in [0.15, 0.2) is 0 Å². The van der Waals surface area contributed by atoms with Gasteiger partial charge in [0.05, 0.1) is 0 Å². The smallest absolute Gasteiger partial charge is 0.222 e. The number of amides is 1. The van der Waals surface area contributed by atoms with E-state index in [-0.39, 0.29) is 0 Å². The first-order chi connectivity index (χ1) is 8.36. The van der Waals surface area contributed by atoms with Crippen molar-refractivity contribution in [3.05, 3.63) is 0 Å². The molecule has 2 aliphatic heterocycles. The third-order valence-electron chi connectivity index (χ3n) is 3.78. The van der Waals surface area contributed by atoms with Crippen LogP contribution in [0, 0.1) is 0 Å². The van der Waals surface area contributed by atoms with E-state index in [1.165, 1.54) is 32.5 Å². The van der Waals surface area contributed by atoms with Crippen molar-refractivity contribution in [3.8, 4) is 0 Å². The Balaban J connectivity index is 1.54. The van der Waals surface area contributed by atoms with E-state index in [4.69, 9.17) is 0 Å². The first kappa shape index (κ1) is 12.8. The molecule has 0 bridgehead atoms. The number of likely N-dealkylation sites (tertiary alicyclic amines) is 1. The highest BCUT2D eigenvalue weighted by Crippen LogP contribution is 2.11. The van der Waals surface area contributed by atoms with E-state index in [0.717, 1.165) is 45.4 Å². The van der Waals surface area contributed by atoms with Crippen LogP contribution in [0.3, 0.4) is 0 Å². The quantitative estimate of drug-likeness (QED) is 0.717. The van der Waals surface area contributed by atoms with Crippen LogP contribution in [0.4, 0.5) is 0 Å². The summed E-state index contributed by atoms with van der Waals surface area (Å²) in [5, 5.41) is 3.37. The van der Waals surface area contributed by atoms with Crippen molar-refractivity contribution in [1.82, 2.24) is 15.1 Å². The summed E-state index contributed by atoms with van der Waals surface area (Å²) in [7, 11) is 0. The highest BCUT2D eigenvalue weighted by molar-refractivity contribution is 5.76. The molecule has 17 heavy (non-hydrogen) atoms. The highest BCUT2D eigenvalue weighted by Gasteiger charge is 2.17. The van der Waals surface area contributed by atoms with Gasteiger partial charge >= 0.3 is 0 Å². The number of hydrogen-bond acceptors (Lipinski definition) is 3. The van der Waals surface area contributed by atoms with Crippen LogP contribution in [0.2, 0.25) is 0 Å². The lowest BCUT2D eigenvalue weighted by molar-refractivity contribution is -0.133. The van der Waals surface area contributed by atoms with Crippen molar-refractivity contribution >= 4 is 5.91 Å². The topological polar surface area (TPSA) is 35.6 Å². The Hall–Kier alpha value is -0.610. The van der Waals surface area contributed by atoms with Crippen LogP contribution in [-0.2, 0) is 4.79 Å². The van der Waals surface area contributed by atoms with Crippen molar-refractivity contribution in [2.24, 2.45) is 0 Å². The molecule has 2 aliphatic rings. The molecule has 4 nitrogen and oxygen atoms in total. The molecule has 0 atom stereocenters. The summed E-state index contributed by atoms with van der Waals surface area (Å²) in [5.74, 6) is 0.374. The zero-order valence-electron chi connectivity index (χ0n) is 10.8. The third-order valence-corrected chi connectivity index (χ3v) is 3.78. The van der Waals surface area contributed by atoms with Crippen molar-refractivity contribution in [2.45, 2.75) is 32.1 Å². The molecule has 0 aliphatic carbocycles. The van der Waals surface area contributed by atoms with Gasteiger partial charge in [-0.15, -0.1) is 0 Å². The molecule has 98 valence electrons. The van der Waals surface area contributed by atoms with E-state index in [9.17, 15) is 4.79 Å². The lowest BCUT2D eigenvalue weighted by Crippen LogP contribution is -2.44. The minimum atomic E-state index is 0.374. The molecule has 2 fully saturated rings. The number of piperazine rings is 1. The Morgan fingerprint density at radius 3 is 2.53 bits per heavy atom. The predicted octanol–water partition coefficient (Wildman–Crippen LogP) is 0.684. The van der Waals surface area contributed by atoms with E-state index < -0.39 is 0 Å². The molecule has 0 saturated carbocycles. The molecular formula is C13H25N3O. The number of piperidine rings is 1. The van der Waals surface area contributed by atoms with Crippen LogP contribution in [0.5, 0.6) is 0 Å². The molecule has 0 radical (unpaired) electrons. The largest absolute Gasteiger partial charge is 0.343 e. The summed E-state index contributed by atoms with van der Waals surface area (Å²) in [6.45, 7) is 7.79. The van der Waals surface area contributed by atoms with Crippen LogP contribution in [-0.4, -0.2) is 61.5 Å². The van der Waals surface area contributed by atoms with Crippen LogP contribution in [0.25, 0.3) is 0 Å². The van der Waals surface area contributed by atoms with Crippen LogP contribution in [0.1, 0.15) is 32.1 Å². The molecule has 0 aromatic rings. The Morgan fingerprint density at radius 2 is 1.76 bits per heavy atom. The molecule has 0 spiro atoms. The molecule has 2 heterocycles. The van der Waals surface area contributed by atoms with Gasteiger partial charge in [-0.25, -0.2) is 0 Å². The summed E-state index contributed by atoms with van der Waals surface area (Å²) in [5.41, 5.74) is 0. The number of rotatable bonds is 5. The summed E-state index contributed by atoms with van der Waals surface area (Å²) < 4.78 is 0. The van der Waals surface area contributed by atoms with Gasteiger partial charge in [-0.05, 0) is 32.2 Å². The Labute approximate surface area is 104 Å². The SMILES string of the molecule is O=C1CCCCN1CCCCN1CCNCC1. The average Bonchev–Trinajstić information content (AvgIpc) is 2.38. The molecule has 1 N–H and O–H groups in total. The second kappa shape index (κ2) is 6.97. The fourth-order valence-corrected chi connectivity index (χ4v) is 2.67. The number of carbonyl (C=O) groups is 1. The third kappa shape index (κ3) is 4.28. The number of nitrogens with zero attached hydrogens (tertiary/aromatic N) is 2. The van der Waals surface area contributed by atoms with Crippen molar-refractivity contribution in [3.63, 3.8) is 0 Å². The number of hydrogen-bond donors (Lipinski definition) is 1. The van der Waals surface area contributed by atoms with Crippen molar-refractivity contribution < 1.29 is 4.79 Å². The lowest BCUT2D eigenvalue weighted by atomic mass is 10.1. The van der Waals surface area contributed by atoms with Gasteiger partial charge in [-0.3, -0.25) is 4.79 Å². The number of nitrogens with one attached hydrogen (secondary N) is 1. The van der Waals surface area contributed by atoms with Gasteiger partial charge < -0.3 is 15.1 Å². The van der Waals surface area contributed by atoms with Gasteiger partial charge in [-0.2, -0.15) is 0 Å². The highest BCUT2D eigenvalue weighted by atomic mass is 16.2. The van der Waals surface area contributed by atoms with Crippen molar-refractivity contribution in [1.29, 1.82) is 0 Å². The first-order valence-electron chi connectivity index (χ1n) is 7.07. The molecule has 2 saturated heterocycles. The Kier molecular flexibility index (Phi) is 5.26. The van der Waals surface area contributed by atoms with E-state index in [1.807, 2.05) is 0 Å². The minimum absolute atomic E-state index is 0.374.